The summed E-state index contributed by atoms with van der Waals surface area (Å²) in [6.45, 7) is 10.0. The zero-order valence-corrected chi connectivity index (χ0v) is 24.6. The van der Waals surface area contributed by atoms with Gasteiger partial charge in [-0.15, -0.1) is 0 Å². The Morgan fingerprint density at radius 1 is 1.03 bits per heavy atom. The van der Waals surface area contributed by atoms with E-state index in [0.29, 0.717) is 31.1 Å². The maximum absolute atomic E-state index is 12.9. The molecule has 0 aliphatic carbocycles. The lowest BCUT2D eigenvalue weighted by Gasteiger charge is -2.41. The van der Waals surface area contributed by atoms with Crippen LogP contribution >= 0.6 is 11.8 Å². The van der Waals surface area contributed by atoms with Gasteiger partial charge in [0, 0.05) is 49.1 Å². The molecule has 1 aliphatic rings. The minimum atomic E-state index is -0.751. The molecule has 2 rings (SSSR count). The number of carbonyl (C=O) groups is 4. The lowest BCUT2D eigenvalue weighted by atomic mass is 9.85. The predicted octanol–water partition coefficient (Wildman–Crippen LogP) is 3.53. The number of hydrogen-bond donors (Lipinski definition) is 2. The van der Waals surface area contributed by atoms with Crippen LogP contribution in [0.4, 0.5) is 0 Å². The third-order valence-corrected chi connectivity index (χ3v) is 6.66. The van der Waals surface area contributed by atoms with E-state index in [1.807, 2.05) is 26.0 Å². The molecule has 0 spiro atoms. The number of benzene rings is 1. The molecular formula is C28H42N2O8S. The van der Waals surface area contributed by atoms with Gasteiger partial charge < -0.3 is 29.6 Å². The Balaban J connectivity index is 1.64. The monoisotopic (exact) mass is 566 g/mol. The number of esters is 1. The van der Waals surface area contributed by atoms with Gasteiger partial charge >= 0.3 is 5.97 Å². The SMILES string of the molecule is COc1ccc(C2OCC(C)(C)[C@H](C(=O)NCCC(=O)NCCSC(=O)CCCC(=O)OC(C)(C)C)O2)cc1. The fourth-order valence-electron chi connectivity index (χ4n) is 3.74. The molecule has 1 heterocycles. The normalized spacial score (nSPS) is 18.6. The summed E-state index contributed by atoms with van der Waals surface area (Å²) in [5, 5.41) is 5.50. The predicted molar refractivity (Wildman–Crippen MR) is 148 cm³/mol. The molecule has 2 atom stereocenters. The Kier molecular flexibility index (Phi) is 12.7. The first-order valence-corrected chi connectivity index (χ1v) is 14.1. The fraction of sp³-hybridized carbons (Fsp3) is 0.643. The molecule has 218 valence electrons. The van der Waals surface area contributed by atoms with E-state index < -0.39 is 23.4 Å². The minimum Gasteiger partial charge on any atom is -0.497 e. The van der Waals surface area contributed by atoms with E-state index in [-0.39, 0.29) is 48.7 Å². The number of nitrogens with one attached hydrogen (secondary N) is 2. The van der Waals surface area contributed by atoms with Gasteiger partial charge in [-0.25, -0.2) is 0 Å². The van der Waals surface area contributed by atoms with Gasteiger partial charge in [-0.1, -0.05) is 37.7 Å². The summed E-state index contributed by atoms with van der Waals surface area (Å²) in [4.78, 5) is 48.7. The Hall–Kier alpha value is -2.63. The lowest BCUT2D eigenvalue weighted by molar-refractivity contribution is -0.258. The molecule has 1 unspecified atom stereocenters. The number of hydrogen-bond acceptors (Lipinski definition) is 9. The summed E-state index contributed by atoms with van der Waals surface area (Å²) in [6.07, 6.45) is -0.426. The van der Waals surface area contributed by atoms with E-state index in [9.17, 15) is 19.2 Å². The van der Waals surface area contributed by atoms with E-state index in [2.05, 4.69) is 10.6 Å². The van der Waals surface area contributed by atoms with Crippen LogP contribution in [0.5, 0.6) is 5.75 Å². The number of rotatable bonds is 13. The van der Waals surface area contributed by atoms with Crippen LogP contribution in [-0.4, -0.2) is 67.2 Å². The van der Waals surface area contributed by atoms with Crippen LogP contribution in [-0.2, 0) is 33.4 Å². The summed E-state index contributed by atoms with van der Waals surface area (Å²) in [5.41, 5.74) is -0.304. The fourth-order valence-corrected chi connectivity index (χ4v) is 4.46. The van der Waals surface area contributed by atoms with Crippen LogP contribution < -0.4 is 15.4 Å². The molecule has 10 nitrogen and oxygen atoms in total. The number of methoxy groups -OCH3 is 1. The van der Waals surface area contributed by atoms with Gasteiger partial charge in [0.15, 0.2) is 11.4 Å². The van der Waals surface area contributed by atoms with Gasteiger partial charge in [-0.2, -0.15) is 0 Å². The Morgan fingerprint density at radius 2 is 1.72 bits per heavy atom. The maximum atomic E-state index is 12.9. The summed E-state index contributed by atoms with van der Waals surface area (Å²) in [5.74, 6) is 0.297. The molecule has 11 heteroatoms. The van der Waals surface area contributed by atoms with Crippen molar-refractivity contribution in [3.63, 3.8) is 0 Å². The molecule has 1 aliphatic heterocycles. The molecule has 0 bridgehead atoms. The standard InChI is InChI=1S/C28H42N2O8S/c1-27(2,3)38-22(32)8-7-9-23(33)39-17-16-29-21(31)14-15-30-25(34)24-28(4,5)18-36-26(37-24)19-10-12-20(35-6)13-11-19/h10-13,24,26H,7-9,14-18H2,1-6H3,(H,29,31)(H,30,34)/t24-,26?/m0/s1. The summed E-state index contributed by atoms with van der Waals surface area (Å²) in [7, 11) is 1.59. The molecule has 2 N–H and O–H groups in total. The Bertz CT molecular complexity index is 975. The zero-order valence-electron chi connectivity index (χ0n) is 23.8. The molecule has 1 saturated heterocycles. The van der Waals surface area contributed by atoms with Crippen molar-refractivity contribution in [3.8, 4) is 5.75 Å². The van der Waals surface area contributed by atoms with Crippen LogP contribution in [0.1, 0.15) is 72.2 Å². The van der Waals surface area contributed by atoms with Gasteiger partial charge in [0.25, 0.3) is 0 Å². The smallest absolute Gasteiger partial charge is 0.306 e. The highest BCUT2D eigenvalue weighted by atomic mass is 32.2. The zero-order chi connectivity index (χ0) is 29.1. The van der Waals surface area contributed by atoms with Crippen molar-refractivity contribution in [2.45, 2.75) is 78.3 Å². The van der Waals surface area contributed by atoms with Gasteiger partial charge in [0.2, 0.25) is 11.8 Å². The first-order chi connectivity index (χ1) is 18.3. The largest absolute Gasteiger partial charge is 0.497 e. The van der Waals surface area contributed by atoms with E-state index in [1.165, 1.54) is 0 Å². The van der Waals surface area contributed by atoms with Crippen LogP contribution in [0.25, 0.3) is 0 Å². The minimum absolute atomic E-state index is 0.0351. The first kappa shape index (κ1) is 32.6. The van der Waals surface area contributed by atoms with Crippen LogP contribution in [0.3, 0.4) is 0 Å². The van der Waals surface area contributed by atoms with Crippen molar-refractivity contribution in [3.05, 3.63) is 29.8 Å². The average molecular weight is 567 g/mol. The third-order valence-electron chi connectivity index (χ3n) is 5.72. The van der Waals surface area contributed by atoms with Crippen LogP contribution in [0.2, 0.25) is 0 Å². The first-order valence-electron chi connectivity index (χ1n) is 13.1. The quantitative estimate of drug-likeness (QED) is 0.272. The molecule has 1 fully saturated rings. The van der Waals surface area contributed by atoms with Crippen LogP contribution in [0, 0.1) is 5.41 Å². The molecule has 0 aromatic heterocycles. The molecule has 1 aromatic rings. The van der Waals surface area contributed by atoms with Crippen LogP contribution in [0.15, 0.2) is 24.3 Å². The number of amides is 2. The highest BCUT2D eigenvalue weighted by molar-refractivity contribution is 8.13. The second kappa shape index (κ2) is 15.2. The Morgan fingerprint density at radius 3 is 2.36 bits per heavy atom. The van der Waals surface area contributed by atoms with Gasteiger partial charge in [0.1, 0.15) is 17.5 Å². The van der Waals surface area contributed by atoms with E-state index in [4.69, 9.17) is 18.9 Å². The van der Waals surface area contributed by atoms with E-state index in [1.54, 1.807) is 40.0 Å². The van der Waals surface area contributed by atoms with E-state index in [0.717, 1.165) is 17.3 Å². The Labute approximate surface area is 235 Å². The molecule has 2 amide bonds. The number of thioether (sulfide) groups is 1. The topological polar surface area (TPSA) is 129 Å². The van der Waals surface area contributed by atoms with Crippen molar-refractivity contribution >= 4 is 34.7 Å². The molecule has 0 saturated carbocycles. The van der Waals surface area contributed by atoms with Gasteiger partial charge in [-0.3, -0.25) is 19.2 Å². The van der Waals surface area contributed by atoms with E-state index >= 15 is 0 Å². The second-order valence-corrected chi connectivity index (χ2v) is 12.1. The molecular weight excluding hydrogens is 524 g/mol. The highest BCUT2D eigenvalue weighted by Gasteiger charge is 2.43. The van der Waals surface area contributed by atoms with Crippen molar-refractivity contribution < 1.29 is 38.1 Å². The summed E-state index contributed by atoms with van der Waals surface area (Å²) < 4.78 is 22.2. The maximum Gasteiger partial charge on any atom is 0.306 e. The number of ether oxygens (including phenoxy) is 4. The van der Waals surface area contributed by atoms with Crippen molar-refractivity contribution in [1.82, 2.24) is 10.6 Å². The highest BCUT2D eigenvalue weighted by Crippen LogP contribution is 2.36. The average Bonchev–Trinajstić information content (AvgIpc) is 2.85. The summed E-state index contributed by atoms with van der Waals surface area (Å²) >= 11 is 1.12. The number of carbonyl (C=O) groups excluding carboxylic acids is 4. The lowest BCUT2D eigenvalue weighted by Crippen LogP contribution is -2.52. The molecule has 0 radical (unpaired) electrons. The summed E-state index contributed by atoms with van der Waals surface area (Å²) in [6, 6.07) is 7.27. The van der Waals surface area contributed by atoms with Crippen molar-refractivity contribution in [2.24, 2.45) is 5.41 Å². The van der Waals surface area contributed by atoms with Crippen molar-refractivity contribution in [2.75, 3.05) is 32.6 Å². The molecule has 1 aromatic carbocycles. The van der Waals surface area contributed by atoms with Gasteiger partial charge in [-0.05, 0) is 39.3 Å². The third kappa shape index (κ3) is 12.0. The second-order valence-electron chi connectivity index (χ2n) is 11.0. The van der Waals surface area contributed by atoms with Crippen molar-refractivity contribution in [1.29, 1.82) is 0 Å². The van der Waals surface area contributed by atoms with Gasteiger partial charge in [0.05, 0.1) is 13.7 Å². The molecule has 39 heavy (non-hydrogen) atoms.